The van der Waals surface area contributed by atoms with Crippen molar-refractivity contribution < 1.29 is 14.0 Å². The highest BCUT2D eigenvalue weighted by molar-refractivity contribution is 7.32. The average Bonchev–Trinajstić information content (AvgIpc) is 1.69. The van der Waals surface area contributed by atoms with Crippen LogP contribution in [0.5, 0.6) is 0 Å². The molecular weight excluding hydrogens is 129 g/mol. The molecule has 0 saturated carbocycles. The van der Waals surface area contributed by atoms with E-state index in [1.54, 1.807) is 0 Å². The Hall–Kier alpha value is -0.0200. The van der Waals surface area contributed by atoms with Gasteiger partial charge in [0.15, 0.2) is 0 Å². The summed E-state index contributed by atoms with van der Waals surface area (Å²) in [7, 11) is 2.57. The summed E-state index contributed by atoms with van der Waals surface area (Å²) in [6.07, 6.45) is 0. The minimum atomic E-state index is -2.35. The lowest BCUT2D eigenvalue weighted by Gasteiger charge is -1.59. The molecule has 0 amide bonds. The van der Waals surface area contributed by atoms with Gasteiger partial charge in [-0.3, -0.25) is 0 Å². The first-order valence-electron chi connectivity index (χ1n) is 1.97. The predicted molar refractivity (Wildman–Crippen MR) is 31.8 cm³/mol. The Morgan fingerprint density at radius 3 is 1.75 bits per heavy atom. The molecule has 8 heavy (non-hydrogen) atoms. The lowest BCUT2D eigenvalue weighted by Crippen LogP contribution is -1.89. The van der Waals surface area contributed by atoms with Gasteiger partial charge in [0.2, 0.25) is 0 Å². The summed E-state index contributed by atoms with van der Waals surface area (Å²) in [6, 6.07) is 0. The van der Waals surface area contributed by atoms with Gasteiger partial charge in [0.05, 0.1) is 7.11 Å². The van der Waals surface area contributed by atoms with Crippen molar-refractivity contribution in [2.45, 2.75) is 0 Å². The van der Waals surface area contributed by atoms with Crippen molar-refractivity contribution in [2.75, 3.05) is 21.2 Å². The Bertz CT molecular complexity index is 58.5. The van der Waals surface area contributed by atoms with Crippen LogP contribution >= 0.6 is 8.25 Å². The van der Waals surface area contributed by atoms with Crippen LogP contribution in [-0.4, -0.2) is 26.1 Å². The fourth-order valence-electron chi connectivity index (χ4n) is 0. The molecule has 0 aliphatic heterocycles. The Morgan fingerprint density at radius 1 is 1.62 bits per heavy atom. The van der Waals surface area contributed by atoms with Gasteiger partial charge in [0, 0.05) is 4.57 Å². The molecule has 1 unspecified atom stereocenters. The zero-order valence-corrected chi connectivity index (χ0v) is 6.11. The first kappa shape index (κ1) is 10.9. The second-order valence-electron chi connectivity index (χ2n) is 0.920. The summed E-state index contributed by atoms with van der Waals surface area (Å²) in [5, 5.41) is 2.75. The van der Waals surface area contributed by atoms with Crippen molar-refractivity contribution in [3.05, 3.63) is 0 Å². The lowest BCUT2D eigenvalue weighted by atomic mass is 11.3. The quantitative estimate of drug-likeness (QED) is 0.508. The van der Waals surface area contributed by atoms with E-state index in [2.05, 4.69) is 9.84 Å². The first-order valence-corrected chi connectivity index (χ1v) is 3.10. The maximum atomic E-state index is 9.29. The summed E-state index contributed by atoms with van der Waals surface area (Å²) in [5.41, 5.74) is 0. The molecule has 0 saturated heterocycles. The van der Waals surface area contributed by atoms with Gasteiger partial charge in [-0.05, 0) is 14.1 Å². The van der Waals surface area contributed by atoms with E-state index in [1.165, 1.54) is 7.11 Å². The number of rotatable bonds is 1. The van der Waals surface area contributed by atoms with Crippen molar-refractivity contribution in [3.8, 4) is 0 Å². The largest absolute Gasteiger partial charge is 0.694 e. The third-order valence-corrected chi connectivity index (χ3v) is 0.469. The smallest absolute Gasteiger partial charge is 0.323 e. The molecular formula is C3H11NO3P+. The van der Waals surface area contributed by atoms with Gasteiger partial charge in [0.25, 0.3) is 0 Å². The number of hydrogen-bond acceptors (Lipinski definition) is 3. The van der Waals surface area contributed by atoms with E-state index in [0.29, 0.717) is 0 Å². The molecule has 0 aliphatic carbocycles. The summed E-state index contributed by atoms with van der Waals surface area (Å²) >= 11 is 0. The van der Waals surface area contributed by atoms with Gasteiger partial charge >= 0.3 is 8.25 Å². The van der Waals surface area contributed by atoms with Crippen LogP contribution in [0.15, 0.2) is 0 Å². The van der Waals surface area contributed by atoms with Crippen LogP contribution in [0.2, 0.25) is 0 Å². The average molecular weight is 140 g/mol. The molecule has 4 nitrogen and oxygen atoms in total. The molecule has 50 valence electrons. The van der Waals surface area contributed by atoms with Crippen LogP contribution < -0.4 is 5.32 Å². The van der Waals surface area contributed by atoms with Gasteiger partial charge in [-0.15, -0.1) is 9.42 Å². The molecule has 0 radical (unpaired) electrons. The molecule has 2 N–H and O–H groups in total. The van der Waals surface area contributed by atoms with E-state index in [9.17, 15) is 4.57 Å². The highest BCUT2D eigenvalue weighted by Crippen LogP contribution is 2.09. The minimum Gasteiger partial charge on any atom is -0.323 e. The molecule has 0 aromatic heterocycles. The standard InChI is InChI=1S/C2H7N.CH3O3P/c1-3-2;1-4-5(2)3/h3H,1-2H3;1H3/p+1. The van der Waals surface area contributed by atoms with Gasteiger partial charge in [0.1, 0.15) is 0 Å². The normalized spacial score (nSPS) is 9.25. The Kier molecular flexibility index (Phi) is 13.7. The zero-order chi connectivity index (χ0) is 6.99. The molecule has 1 atom stereocenters. The number of hydrogen-bond donors (Lipinski definition) is 2. The van der Waals surface area contributed by atoms with E-state index < -0.39 is 8.25 Å². The molecule has 0 rings (SSSR count). The van der Waals surface area contributed by atoms with Crippen LogP contribution in [0.4, 0.5) is 0 Å². The van der Waals surface area contributed by atoms with E-state index in [4.69, 9.17) is 4.89 Å². The minimum absolute atomic E-state index is 1.17. The molecule has 0 aromatic rings. The highest BCUT2D eigenvalue weighted by Gasteiger charge is 2.02. The van der Waals surface area contributed by atoms with Gasteiger partial charge < -0.3 is 5.32 Å². The molecule has 0 aliphatic rings. The van der Waals surface area contributed by atoms with Crippen LogP contribution in [0.25, 0.3) is 0 Å². The van der Waals surface area contributed by atoms with E-state index >= 15 is 0 Å². The maximum Gasteiger partial charge on any atom is 0.694 e. The van der Waals surface area contributed by atoms with Crippen molar-refractivity contribution in [1.82, 2.24) is 5.32 Å². The SMILES string of the molecule is CNC.CO[P+](=O)O. The number of nitrogens with one attached hydrogen (secondary N) is 1. The van der Waals surface area contributed by atoms with E-state index in [1.807, 2.05) is 14.1 Å². The third-order valence-electron chi connectivity index (χ3n) is 0.156. The lowest BCUT2D eigenvalue weighted by molar-refractivity contribution is 0.343. The summed E-state index contributed by atoms with van der Waals surface area (Å²) in [5.74, 6) is 0. The van der Waals surface area contributed by atoms with E-state index in [0.717, 1.165) is 0 Å². The molecule has 0 heterocycles. The first-order chi connectivity index (χ1) is 3.68. The van der Waals surface area contributed by atoms with Crippen molar-refractivity contribution >= 4 is 8.25 Å². The zero-order valence-electron chi connectivity index (χ0n) is 5.21. The second kappa shape index (κ2) is 10.1. The topological polar surface area (TPSA) is 58.6 Å². The van der Waals surface area contributed by atoms with Crippen molar-refractivity contribution in [3.63, 3.8) is 0 Å². The molecule has 0 aromatic carbocycles. The summed E-state index contributed by atoms with van der Waals surface area (Å²) in [6.45, 7) is 0. The second-order valence-corrected chi connectivity index (χ2v) is 1.76. The van der Waals surface area contributed by atoms with Crippen LogP contribution in [-0.2, 0) is 9.09 Å². The van der Waals surface area contributed by atoms with Gasteiger partial charge in [-0.1, -0.05) is 0 Å². The summed E-state index contributed by atoms with van der Waals surface area (Å²) in [4.78, 5) is 7.65. The molecule has 0 fully saturated rings. The maximum absolute atomic E-state index is 9.29. The fourth-order valence-corrected chi connectivity index (χ4v) is 0. The van der Waals surface area contributed by atoms with Gasteiger partial charge in [-0.2, -0.15) is 0 Å². The Labute approximate surface area is 49.8 Å². The summed E-state index contributed by atoms with van der Waals surface area (Å²) < 4.78 is 13.1. The Morgan fingerprint density at radius 2 is 1.75 bits per heavy atom. The monoisotopic (exact) mass is 140 g/mol. The van der Waals surface area contributed by atoms with Crippen LogP contribution in [0.3, 0.4) is 0 Å². The Balaban J connectivity index is 0. The highest BCUT2D eigenvalue weighted by atomic mass is 31.1. The third kappa shape index (κ3) is 37.8. The predicted octanol–water partition coefficient (Wildman–Crippen LogP) is 0.118. The fraction of sp³-hybridized carbons (Fsp3) is 1.00. The molecule has 5 heteroatoms. The van der Waals surface area contributed by atoms with Gasteiger partial charge in [-0.25, -0.2) is 0 Å². The van der Waals surface area contributed by atoms with Crippen molar-refractivity contribution in [1.29, 1.82) is 0 Å². The van der Waals surface area contributed by atoms with E-state index in [-0.39, 0.29) is 0 Å². The van der Waals surface area contributed by atoms with Crippen LogP contribution in [0, 0.1) is 0 Å². The van der Waals surface area contributed by atoms with Crippen molar-refractivity contribution in [2.24, 2.45) is 0 Å². The molecule has 0 spiro atoms. The van der Waals surface area contributed by atoms with Crippen LogP contribution in [0.1, 0.15) is 0 Å². The molecule has 0 bridgehead atoms.